The molecule has 0 aliphatic heterocycles. The molecule has 2 heterocycles. The highest BCUT2D eigenvalue weighted by Crippen LogP contribution is 2.44. The minimum absolute atomic E-state index is 0.292. The lowest BCUT2D eigenvalue weighted by molar-refractivity contribution is 0.218. The highest BCUT2D eigenvalue weighted by molar-refractivity contribution is 7.16. The van der Waals surface area contributed by atoms with Crippen molar-refractivity contribution < 1.29 is 4.42 Å². The van der Waals surface area contributed by atoms with E-state index < -0.39 is 0 Å². The second kappa shape index (κ2) is 7.41. The second-order valence-corrected chi connectivity index (χ2v) is 9.51. The minimum Gasteiger partial charge on any atom is -0.455 e. The van der Waals surface area contributed by atoms with Crippen molar-refractivity contribution in [2.24, 2.45) is 16.3 Å². The van der Waals surface area contributed by atoms with Crippen molar-refractivity contribution in [3.8, 4) is 17.4 Å². The zero-order valence-electron chi connectivity index (χ0n) is 16.5. The fraction of sp³-hybridized carbons (Fsp3) is 0.333. The summed E-state index contributed by atoms with van der Waals surface area (Å²) in [6, 6.07) is 16.3. The summed E-state index contributed by atoms with van der Waals surface area (Å²) in [6.45, 7) is 6.92. The van der Waals surface area contributed by atoms with Crippen LogP contribution in [0, 0.1) is 22.7 Å². The van der Waals surface area contributed by atoms with Crippen molar-refractivity contribution >= 4 is 22.6 Å². The SMILES string of the molecule is CC(C)(C)[C@@H]1CCc2c(sc(N=Cc3ccc(-c4ccccc4)o3)c2C#N)C1. The van der Waals surface area contributed by atoms with E-state index in [-0.39, 0.29) is 0 Å². The van der Waals surface area contributed by atoms with Gasteiger partial charge < -0.3 is 4.42 Å². The lowest BCUT2D eigenvalue weighted by Crippen LogP contribution is -2.26. The van der Waals surface area contributed by atoms with Crippen LogP contribution >= 0.6 is 11.3 Å². The smallest absolute Gasteiger partial charge is 0.145 e. The van der Waals surface area contributed by atoms with Gasteiger partial charge in [-0.2, -0.15) is 5.26 Å². The van der Waals surface area contributed by atoms with E-state index in [2.05, 4.69) is 31.8 Å². The predicted molar refractivity (Wildman–Crippen MR) is 115 cm³/mol. The normalized spacial score (nSPS) is 16.9. The summed E-state index contributed by atoms with van der Waals surface area (Å²) in [7, 11) is 0. The van der Waals surface area contributed by atoms with E-state index >= 15 is 0 Å². The molecule has 0 bridgehead atoms. The van der Waals surface area contributed by atoms with Crippen molar-refractivity contribution in [1.29, 1.82) is 5.26 Å². The van der Waals surface area contributed by atoms with Crippen molar-refractivity contribution in [3.05, 3.63) is 64.2 Å². The van der Waals surface area contributed by atoms with Gasteiger partial charge >= 0.3 is 0 Å². The molecule has 0 radical (unpaired) electrons. The molecule has 0 saturated heterocycles. The summed E-state index contributed by atoms with van der Waals surface area (Å²) in [4.78, 5) is 5.96. The maximum atomic E-state index is 9.70. The van der Waals surface area contributed by atoms with Crippen molar-refractivity contribution in [2.45, 2.75) is 40.0 Å². The fourth-order valence-corrected chi connectivity index (χ4v) is 5.04. The first-order valence-electron chi connectivity index (χ1n) is 9.69. The Balaban J connectivity index is 1.59. The summed E-state index contributed by atoms with van der Waals surface area (Å²) >= 11 is 1.67. The molecule has 4 rings (SSSR count). The molecule has 2 aromatic heterocycles. The van der Waals surface area contributed by atoms with Gasteiger partial charge in [0.2, 0.25) is 0 Å². The monoisotopic (exact) mass is 388 g/mol. The number of nitriles is 1. The van der Waals surface area contributed by atoms with Crippen LogP contribution in [0.15, 0.2) is 51.9 Å². The van der Waals surface area contributed by atoms with Gasteiger partial charge in [-0.15, -0.1) is 11.3 Å². The summed E-state index contributed by atoms with van der Waals surface area (Å²) < 4.78 is 5.90. The van der Waals surface area contributed by atoms with Crippen LogP contribution in [-0.4, -0.2) is 6.21 Å². The molecule has 0 spiro atoms. The van der Waals surface area contributed by atoms with Crippen LogP contribution in [0.3, 0.4) is 0 Å². The molecule has 1 aliphatic rings. The topological polar surface area (TPSA) is 49.3 Å². The number of hydrogen-bond acceptors (Lipinski definition) is 4. The quantitative estimate of drug-likeness (QED) is 0.464. The molecule has 1 aliphatic carbocycles. The van der Waals surface area contributed by atoms with Crippen molar-refractivity contribution in [2.75, 3.05) is 0 Å². The van der Waals surface area contributed by atoms with Crippen LogP contribution in [0.25, 0.3) is 11.3 Å². The van der Waals surface area contributed by atoms with Gasteiger partial charge in [0.25, 0.3) is 0 Å². The second-order valence-electron chi connectivity index (χ2n) is 8.43. The molecule has 28 heavy (non-hydrogen) atoms. The highest BCUT2D eigenvalue weighted by Gasteiger charge is 2.32. The lowest BCUT2D eigenvalue weighted by Gasteiger charge is -2.33. The van der Waals surface area contributed by atoms with E-state index in [4.69, 9.17) is 4.42 Å². The number of hydrogen-bond donors (Lipinski definition) is 0. The number of fused-ring (bicyclic) bond motifs is 1. The Labute approximate surface area is 170 Å². The van der Waals surface area contributed by atoms with Crippen LogP contribution in [-0.2, 0) is 12.8 Å². The van der Waals surface area contributed by atoms with E-state index in [1.54, 1.807) is 17.6 Å². The number of benzene rings is 1. The Morgan fingerprint density at radius 2 is 1.96 bits per heavy atom. The number of rotatable bonds is 3. The number of nitrogens with zero attached hydrogens (tertiary/aromatic N) is 2. The molecule has 3 nitrogen and oxygen atoms in total. The van der Waals surface area contributed by atoms with Crippen LogP contribution in [0.1, 0.15) is 49.0 Å². The Morgan fingerprint density at radius 1 is 1.18 bits per heavy atom. The third kappa shape index (κ3) is 3.68. The summed E-state index contributed by atoms with van der Waals surface area (Å²) in [5.41, 5.74) is 3.29. The molecule has 0 N–H and O–H groups in total. The van der Waals surface area contributed by atoms with E-state index in [9.17, 15) is 5.26 Å². The van der Waals surface area contributed by atoms with Crippen LogP contribution in [0.4, 0.5) is 5.00 Å². The molecular weight excluding hydrogens is 364 g/mol. The van der Waals surface area contributed by atoms with Crippen LogP contribution in [0.2, 0.25) is 0 Å². The van der Waals surface area contributed by atoms with Gasteiger partial charge in [0.1, 0.15) is 22.6 Å². The first kappa shape index (κ1) is 18.7. The number of furan rings is 1. The molecule has 0 amide bonds. The van der Waals surface area contributed by atoms with E-state index in [0.717, 1.165) is 41.2 Å². The molecular formula is C24H24N2OS. The summed E-state index contributed by atoms with van der Waals surface area (Å²) in [5, 5.41) is 10.5. The molecule has 0 fully saturated rings. The van der Waals surface area contributed by atoms with E-state index in [0.29, 0.717) is 17.1 Å². The Bertz CT molecular complexity index is 1040. The third-order valence-corrected chi connectivity index (χ3v) is 6.74. The van der Waals surface area contributed by atoms with Gasteiger partial charge in [-0.3, -0.25) is 0 Å². The highest BCUT2D eigenvalue weighted by atomic mass is 32.1. The molecule has 3 aromatic rings. The zero-order valence-corrected chi connectivity index (χ0v) is 17.3. The molecule has 4 heteroatoms. The first-order valence-corrected chi connectivity index (χ1v) is 10.5. The number of aliphatic imine (C=N–C) groups is 1. The average molecular weight is 389 g/mol. The molecule has 1 aromatic carbocycles. The largest absolute Gasteiger partial charge is 0.455 e. The van der Waals surface area contributed by atoms with Crippen LogP contribution in [0.5, 0.6) is 0 Å². The first-order chi connectivity index (χ1) is 13.5. The molecule has 0 unspecified atom stereocenters. The predicted octanol–water partition coefficient (Wildman–Crippen LogP) is 6.78. The summed E-state index contributed by atoms with van der Waals surface area (Å²) in [6.07, 6.45) is 4.90. The third-order valence-electron chi connectivity index (χ3n) is 5.58. The average Bonchev–Trinajstić information content (AvgIpc) is 3.30. The Morgan fingerprint density at radius 3 is 2.68 bits per heavy atom. The van der Waals surface area contributed by atoms with E-state index in [1.807, 2.05) is 42.5 Å². The number of thiophene rings is 1. The van der Waals surface area contributed by atoms with Gasteiger partial charge in [-0.05, 0) is 48.3 Å². The molecule has 1 atom stereocenters. The van der Waals surface area contributed by atoms with Gasteiger partial charge in [-0.1, -0.05) is 51.1 Å². The Kier molecular flexibility index (Phi) is 4.95. The van der Waals surface area contributed by atoms with Gasteiger partial charge in [-0.25, -0.2) is 4.99 Å². The van der Waals surface area contributed by atoms with Crippen molar-refractivity contribution in [3.63, 3.8) is 0 Å². The lowest BCUT2D eigenvalue weighted by atomic mass is 9.72. The van der Waals surface area contributed by atoms with Crippen LogP contribution < -0.4 is 0 Å². The molecule has 0 saturated carbocycles. The molecule has 142 valence electrons. The maximum Gasteiger partial charge on any atom is 0.145 e. The van der Waals surface area contributed by atoms with Gasteiger partial charge in [0, 0.05) is 10.4 Å². The standard InChI is InChI=1S/C24H24N2OS/c1-24(2,3)17-9-11-19-20(14-25)23(28-22(19)13-17)26-15-18-10-12-21(27-18)16-7-5-4-6-8-16/h4-8,10,12,15,17H,9,11,13H2,1-3H3/t17-/m1/s1. The van der Waals surface area contributed by atoms with Crippen molar-refractivity contribution in [1.82, 2.24) is 0 Å². The van der Waals surface area contributed by atoms with Gasteiger partial charge in [0.05, 0.1) is 11.8 Å². The summed E-state index contributed by atoms with van der Waals surface area (Å²) in [5.74, 6) is 2.17. The van der Waals surface area contributed by atoms with E-state index in [1.165, 1.54) is 10.4 Å². The zero-order chi connectivity index (χ0) is 19.7. The van der Waals surface area contributed by atoms with Gasteiger partial charge in [0.15, 0.2) is 0 Å². The fourth-order valence-electron chi connectivity index (χ4n) is 3.82. The maximum absolute atomic E-state index is 9.70. The Hall–Kier alpha value is -2.64. The minimum atomic E-state index is 0.292.